The second-order valence-corrected chi connectivity index (χ2v) is 8.29. The Morgan fingerprint density at radius 1 is 1.13 bits per heavy atom. The molecular formula is C22H29N3O5. The van der Waals surface area contributed by atoms with Crippen LogP contribution in [0.15, 0.2) is 30.3 Å². The van der Waals surface area contributed by atoms with Gasteiger partial charge in [0.2, 0.25) is 5.91 Å². The number of benzene rings is 1. The Hall–Kier alpha value is -2.90. The number of esters is 1. The smallest absolute Gasteiger partial charge is 0.325 e. The molecule has 3 rings (SSSR count). The minimum atomic E-state index is -0.996. The molecule has 1 aromatic carbocycles. The van der Waals surface area contributed by atoms with Crippen LogP contribution in [0.2, 0.25) is 0 Å². The molecule has 1 aliphatic carbocycles. The summed E-state index contributed by atoms with van der Waals surface area (Å²) in [6, 6.07) is 6.91. The zero-order valence-corrected chi connectivity index (χ0v) is 17.6. The average molecular weight is 415 g/mol. The zero-order chi connectivity index (χ0) is 21.9. The largest absolute Gasteiger partial charge is 0.463 e. The van der Waals surface area contributed by atoms with Gasteiger partial charge in [0.15, 0.2) is 0 Å². The maximum atomic E-state index is 13.0. The SMILES string of the molecule is CC(C)OC(=O)CC(NC(=O)C(C)N1C(=O)NC2(CCCC2)C1=O)c1ccccc1. The van der Waals surface area contributed by atoms with Crippen molar-refractivity contribution in [3.8, 4) is 0 Å². The number of nitrogens with zero attached hydrogens (tertiary/aromatic N) is 1. The summed E-state index contributed by atoms with van der Waals surface area (Å²) >= 11 is 0. The highest BCUT2D eigenvalue weighted by Crippen LogP contribution is 2.35. The summed E-state index contributed by atoms with van der Waals surface area (Å²) in [4.78, 5) is 51.6. The molecule has 2 N–H and O–H groups in total. The van der Waals surface area contributed by atoms with Crippen molar-refractivity contribution in [3.05, 3.63) is 35.9 Å². The van der Waals surface area contributed by atoms with Crippen LogP contribution in [0.5, 0.6) is 0 Å². The second-order valence-electron chi connectivity index (χ2n) is 8.29. The number of carbonyl (C=O) groups is 4. The van der Waals surface area contributed by atoms with Gasteiger partial charge in [-0.2, -0.15) is 0 Å². The summed E-state index contributed by atoms with van der Waals surface area (Å²) in [5.41, 5.74) is -0.130. The van der Waals surface area contributed by atoms with Crippen molar-refractivity contribution in [1.82, 2.24) is 15.5 Å². The first-order valence-electron chi connectivity index (χ1n) is 10.4. The topological polar surface area (TPSA) is 105 Å². The molecule has 1 spiro atoms. The van der Waals surface area contributed by atoms with E-state index in [1.165, 1.54) is 6.92 Å². The Balaban J connectivity index is 1.74. The lowest BCUT2D eigenvalue weighted by Crippen LogP contribution is -2.50. The summed E-state index contributed by atoms with van der Waals surface area (Å²) in [6.07, 6.45) is 2.61. The molecule has 4 amide bonds. The van der Waals surface area contributed by atoms with Gasteiger partial charge < -0.3 is 15.4 Å². The molecule has 162 valence electrons. The summed E-state index contributed by atoms with van der Waals surface area (Å²) in [5, 5.41) is 5.61. The predicted molar refractivity (Wildman–Crippen MR) is 109 cm³/mol. The van der Waals surface area contributed by atoms with Crippen LogP contribution in [0.25, 0.3) is 0 Å². The van der Waals surface area contributed by atoms with E-state index in [0.717, 1.165) is 23.3 Å². The molecule has 1 aromatic rings. The zero-order valence-electron chi connectivity index (χ0n) is 17.6. The van der Waals surface area contributed by atoms with Crippen molar-refractivity contribution in [2.24, 2.45) is 0 Å². The van der Waals surface area contributed by atoms with Crippen molar-refractivity contribution < 1.29 is 23.9 Å². The molecule has 0 radical (unpaired) electrons. The van der Waals surface area contributed by atoms with Gasteiger partial charge in [0, 0.05) is 0 Å². The molecule has 0 bridgehead atoms. The first-order chi connectivity index (χ1) is 14.2. The molecule has 1 aliphatic heterocycles. The van der Waals surface area contributed by atoms with Gasteiger partial charge >= 0.3 is 12.0 Å². The third kappa shape index (κ3) is 4.47. The summed E-state index contributed by atoms with van der Waals surface area (Å²) in [5.74, 6) is -1.28. The molecule has 1 saturated carbocycles. The van der Waals surface area contributed by atoms with Crippen LogP contribution in [0.1, 0.15) is 64.5 Å². The van der Waals surface area contributed by atoms with Crippen molar-refractivity contribution in [2.45, 2.75) is 76.6 Å². The number of imide groups is 1. The van der Waals surface area contributed by atoms with E-state index in [1.807, 2.05) is 18.2 Å². The lowest BCUT2D eigenvalue weighted by Gasteiger charge is -2.26. The third-order valence-corrected chi connectivity index (χ3v) is 5.67. The van der Waals surface area contributed by atoms with Gasteiger partial charge in [-0.05, 0) is 39.2 Å². The fraction of sp³-hybridized carbons (Fsp3) is 0.545. The lowest BCUT2D eigenvalue weighted by atomic mass is 9.97. The number of hydrogen-bond acceptors (Lipinski definition) is 5. The van der Waals surface area contributed by atoms with Crippen LogP contribution in [0.4, 0.5) is 4.79 Å². The Labute approximate surface area is 176 Å². The first-order valence-corrected chi connectivity index (χ1v) is 10.4. The molecule has 2 atom stereocenters. The highest BCUT2D eigenvalue weighted by molar-refractivity contribution is 6.10. The van der Waals surface area contributed by atoms with Crippen LogP contribution in [0, 0.1) is 0 Å². The standard InChI is InChI=1S/C22H29N3O5/c1-14(2)30-18(26)13-17(16-9-5-4-6-10-16)23-19(27)15(3)25-20(28)22(24-21(25)29)11-7-8-12-22/h4-6,9-10,14-15,17H,7-8,11-13H2,1-3H3,(H,23,27)(H,24,29). The Bertz CT molecular complexity index is 817. The molecule has 2 aliphatic rings. The molecular weight excluding hydrogens is 386 g/mol. The fourth-order valence-electron chi connectivity index (χ4n) is 4.14. The second kappa shape index (κ2) is 8.85. The number of carbonyl (C=O) groups excluding carboxylic acids is 4. The minimum absolute atomic E-state index is 0.0509. The first kappa shape index (κ1) is 21.8. The number of urea groups is 1. The molecule has 8 nitrogen and oxygen atoms in total. The van der Waals surface area contributed by atoms with Gasteiger partial charge in [-0.1, -0.05) is 43.2 Å². The third-order valence-electron chi connectivity index (χ3n) is 5.67. The van der Waals surface area contributed by atoms with Gasteiger partial charge in [-0.25, -0.2) is 9.69 Å². The van der Waals surface area contributed by atoms with E-state index in [0.29, 0.717) is 12.8 Å². The maximum absolute atomic E-state index is 13.0. The van der Waals surface area contributed by atoms with Crippen molar-refractivity contribution in [2.75, 3.05) is 0 Å². The lowest BCUT2D eigenvalue weighted by molar-refractivity contribution is -0.148. The highest BCUT2D eigenvalue weighted by Gasteiger charge is 2.54. The quantitative estimate of drug-likeness (QED) is 0.526. The number of nitrogens with one attached hydrogen (secondary N) is 2. The summed E-state index contributed by atoms with van der Waals surface area (Å²) in [7, 11) is 0. The number of ether oxygens (including phenoxy) is 1. The fourth-order valence-corrected chi connectivity index (χ4v) is 4.14. The van der Waals surface area contributed by atoms with Crippen LogP contribution in [0.3, 0.4) is 0 Å². The summed E-state index contributed by atoms with van der Waals surface area (Å²) < 4.78 is 5.22. The Morgan fingerprint density at radius 2 is 1.77 bits per heavy atom. The van der Waals surface area contributed by atoms with Crippen LogP contribution >= 0.6 is 0 Å². The monoisotopic (exact) mass is 415 g/mol. The van der Waals surface area contributed by atoms with Crippen molar-refractivity contribution in [1.29, 1.82) is 0 Å². The van der Waals surface area contributed by atoms with E-state index in [2.05, 4.69) is 10.6 Å². The minimum Gasteiger partial charge on any atom is -0.463 e. The molecule has 8 heteroatoms. The van der Waals surface area contributed by atoms with Crippen molar-refractivity contribution in [3.63, 3.8) is 0 Å². The van der Waals surface area contributed by atoms with Gasteiger partial charge in [-0.3, -0.25) is 14.4 Å². The number of rotatable bonds is 7. The van der Waals surface area contributed by atoms with Crippen molar-refractivity contribution >= 4 is 23.8 Å². The number of amides is 4. The Kier molecular flexibility index (Phi) is 6.43. The maximum Gasteiger partial charge on any atom is 0.325 e. The van der Waals surface area contributed by atoms with Gasteiger partial charge in [0.1, 0.15) is 11.6 Å². The van der Waals surface area contributed by atoms with E-state index in [-0.39, 0.29) is 18.4 Å². The molecule has 0 aromatic heterocycles. The van der Waals surface area contributed by atoms with Gasteiger partial charge in [0.05, 0.1) is 18.6 Å². The Morgan fingerprint density at radius 3 is 2.37 bits per heavy atom. The van der Waals surface area contributed by atoms with Crippen LogP contribution in [-0.2, 0) is 19.1 Å². The number of hydrogen-bond donors (Lipinski definition) is 2. The average Bonchev–Trinajstić information content (AvgIpc) is 3.25. The molecule has 30 heavy (non-hydrogen) atoms. The predicted octanol–water partition coefficient (Wildman–Crippen LogP) is 2.44. The van der Waals surface area contributed by atoms with E-state index < -0.39 is 35.5 Å². The summed E-state index contributed by atoms with van der Waals surface area (Å²) in [6.45, 7) is 5.04. The molecule has 2 unspecified atom stereocenters. The van der Waals surface area contributed by atoms with Gasteiger partial charge in [-0.15, -0.1) is 0 Å². The van der Waals surface area contributed by atoms with E-state index in [1.54, 1.807) is 26.0 Å². The van der Waals surface area contributed by atoms with Gasteiger partial charge in [0.25, 0.3) is 5.91 Å². The van der Waals surface area contributed by atoms with E-state index in [9.17, 15) is 19.2 Å². The van der Waals surface area contributed by atoms with E-state index in [4.69, 9.17) is 4.74 Å². The van der Waals surface area contributed by atoms with Crippen LogP contribution < -0.4 is 10.6 Å². The van der Waals surface area contributed by atoms with Crippen LogP contribution in [-0.4, -0.2) is 46.4 Å². The van der Waals surface area contributed by atoms with E-state index >= 15 is 0 Å². The molecule has 1 heterocycles. The normalized spacial score (nSPS) is 19.7. The molecule has 2 fully saturated rings. The molecule has 1 saturated heterocycles. The highest BCUT2D eigenvalue weighted by atomic mass is 16.5.